The topological polar surface area (TPSA) is 62.5 Å². The minimum Gasteiger partial charge on any atom is -0.398 e. The lowest BCUT2D eigenvalue weighted by atomic mass is 10.1. The highest BCUT2D eigenvalue weighted by molar-refractivity contribution is 5.98. The summed E-state index contributed by atoms with van der Waals surface area (Å²) in [6, 6.07) is 8.04. The Morgan fingerprint density at radius 1 is 1.08 bits per heavy atom. The fourth-order valence-corrected chi connectivity index (χ4v) is 2.98. The lowest BCUT2D eigenvalue weighted by molar-refractivity contribution is 0.0747. The second-order valence-corrected chi connectivity index (χ2v) is 5.96. The second kappa shape index (κ2) is 8.92. The van der Waals surface area contributed by atoms with Gasteiger partial charge in [0.05, 0.1) is 5.56 Å². The van der Waals surface area contributed by atoms with E-state index >= 15 is 0 Å². The first-order valence-electron chi connectivity index (χ1n) is 7.88. The number of halogens is 2. The van der Waals surface area contributed by atoms with E-state index in [4.69, 9.17) is 5.73 Å². The molecule has 2 N–H and O–H groups in total. The zero-order chi connectivity index (χ0) is 16.4. The molecule has 1 aromatic heterocycles. The highest BCUT2D eigenvalue weighted by atomic mass is 35.5. The van der Waals surface area contributed by atoms with Crippen LogP contribution in [-0.4, -0.2) is 42.0 Å². The molecule has 1 fully saturated rings. The molecule has 0 unspecified atom stereocenters. The Kier molecular flexibility index (Phi) is 7.52. The molecule has 0 bridgehead atoms. The van der Waals surface area contributed by atoms with Gasteiger partial charge in [-0.25, -0.2) is 0 Å². The number of hydrogen-bond acceptors (Lipinski definition) is 4. The van der Waals surface area contributed by atoms with Gasteiger partial charge in [-0.15, -0.1) is 24.8 Å². The molecule has 0 saturated carbocycles. The van der Waals surface area contributed by atoms with Gasteiger partial charge in [-0.3, -0.25) is 9.78 Å². The third-order valence-electron chi connectivity index (χ3n) is 4.57. The Morgan fingerprint density at radius 3 is 2.40 bits per heavy atom. The van der Waals surface area contributed by atoms with Crippen molar-refractivity contribution in [3.63, 3.8) is 0 Å². The molecular formula is C18H24Cl2N4O. The number of amides is 1. The van der Waals surface area contributed by atoms with Gasteiger partial charge in [0, 0.05) is 49.9 Å². The van der Waals surface area contributed by atoms with Gasteiger partial charge in [0.2, 0.25) is 0 Å². The molecule has 0 atom stereocenters. The largest absolute Gasteiger partial charge is 0.398 e. The molecule has 1 aliphatic rings. The minimum absolute atomic E-state index is 0. The third kappa shape index (κ3) is 4.35. The number of aromatic nitrogens is 1. The molecule has 3 rings (SSSR count). The average Bonchev–Trinajstić information content (AvgIpc) is 2.57. The summed E-state index contributed by atoms with van der Waals surface area (Å²) in [5, 5.41) is 0. The maximum absolute atomic E-state index is 12.6. The van der Waals surface area contributed by atoms with Gasteiger partial charge in [-0.2, -0.15) is 0 Å². The van der Waals surface area contributed by atoms with Crippen LogP contribution in [0.3, 0.4) is 0 Å². The van der Waals surface area contributed by atoms with Gasteiger partial charge in [-0.05, 0) is 37.1 Å². The van der Waals surface area contributed by atoms with Crippen LogP contribution in [0.25, 0.3) is 0 Å². The van der Waals surface area contributed by atoms with Crippen molar-refractivity contribution < 1.29 is 4.79 Å². The summed E-state index contributed by atoms with van der Waals surface area (Å²) in [4.78, 5) is 20.8. The van der Waals surface area contributed by atoms with E-state index in [-0.39, 0.29) is 30.7 Å². The van der Waals surface area contributed by atoms with Gasteiger partial charge >= 0.3 is 0 Å². The highest BCUT2D eigenvalue weighted by Crippen LogP contribution is 2.24. The Labute approximate surface area is 161 Å². The number of aryl methyl sites for hydroxylation is 1. The standard InChI is InChI=1S/C18H22N4O.2ClH/c1-13-4-3-5-17(14(13)2)21-8-10-22(11-9-21)18(23)15-12-20-7-6-16(15)19;;/h3-7,12H,8-11H2,1-2H3,(H2,19,20);2*1H. The van der Waals surface area contributed by atoms with Gasteiger partial charge in [0.1, 0.15) is 0 Å². The number of piperazine rings is 1. The van der Waals surface area contributed by atoms with E-state index < -0.39 is 0 Å². The van der Waals surface area contributed by atoms with Gasteiger partial charge < -0.3 is 15.5 Å². The number of nitrogens with zero attached hydrogens (tertiary/aromatic N) is 3. The van der Waals surface area contributed by atoms with Crippen LogP contribution in [0.1, 0.15) is 21.5 Å². The van der Waals surface area contributed by atoms with Crippen molar-refractivity contribution in [1.29, 1.82) is 0 Å². The summed E-state index contributed by atoms with van der Waals surface area (Å²) in [6.07, 6.45) is 3.15. The van der Waals surface area contributed by atoms with Crippen LogP contribution < -0.4 is 10.6 Å². The maximum Gasteiger partial charge on any atom is 0.257 e. The third-order valence-corrected chi connectivity index (χ3v) is 4.57. The Hall–Kier alpha value is -1.98. The number of anilines is 2. The zero-order valence-electron chi connectivity index (χ0n) is 14.4. The number of nitrogen functional groups attached to an aromatic ring is 1. The van der Waals surface area contributed by atoms with Crippen LogP contribution in [0.2, 0.25) is 0 Å². The van der Waals surface area contributed by atoms with E-state index in [0.29, 0.717) is 24.3 Å². The van der Waals surface area contributed by atoms with Gasteiger partial charge in [0.15, 0.2) is 0 Å². The van der Waals surface area contributed by atoms with E-state index in [9.17, 15) is 4.79 Å². The van der Waals surface area contributed by atoms with Crippen LogP contribution in [0.15, 0.2) is 36.7 Å². The summed E-state index contributed by atoms with van der Waals surface area (Å²) < 4.78 is 0. The van der Waals surface area contributed by atoms with Crippen molar-refractivity contribution in [2.45, 2.75) is 13.8 Å². The normalized spacial score (nSPS) is 13.7. The van der Waals surface area contributed by atoms with E-state index in [0.717, 1.165) is 13.1 Å². The smallest absolute Gasteiger partial charge is 0.257 e. The molecule has 5 nitrogen and oxygen atoms in total. The van der Waals surface area contributed by atoms with Crippen LogP contribution in [0.5, 0.6) is 0 Å². The number of carbonyl (C=O) groups excluding carboxylic acids is 1. The van der Waals surface area contributed by atoms with Crippen molar-refractivity contribution in [3.05, 3.63) is 53.3 Å². The molecule has 136 valence electrons. The molecule has 1 saturated heterocycles. The summed E-state index contributed by atoms with van der Waals surface area (Å²) in [5.74, 6) is -0.0313. The predicted molar refractivity (Wildman–Crippen MR) is 107 cm³/mol. The van der Waals surface area contributed by atoms with Gasteiger partial charge in [0.25, 0.3) is 5.91 Å². The molecule has 1 aromatic carbocycles. The van der Waals surface area contributed by atoms with Crippen LogP contribution >= 0.6 is 24.8 Å². The van der Waals surface area contributed by atoms with Crippen molar-refractivity contribution >= 4 is 42.1 Å². The molecular weight excluding hydrogens is 359 g/mol. The first-order chi connectivity index (χ1) is 11.1. The molecule has 1 amide bonds. The quantitative estimate of drug-likeness (QED) is 0.866. The molecule has 2 aromatic rings. The van der Waals surface area contributed by atoms with E-state index in [1.807, 2.05) is 4.90 Å². The molecule has 2 heterocycles. The maximum atomic E-state index is 12.6. The van der Waals surface area contributed by atoms with E-state index in [2.05, 4.69) is 41.9 Å². The van der Waals surface area contributed by atoms with Crippen molar-refractivity contribution in [2.24, 2.45) is 0 Å². The summed E-state index contributed by atoms with van der Waals surface area (Å²) in [5.41, 5.74) is 10.7. The van der Waals surface area contributed by atoms with Crippen LogP contribution in [0, 0.1) is 13.8 Å². The first kappa shape index (κ1) is 21.1. The zero-order valence-corrected chi connectivity index (χ0v) is 16.1. The van der Waals surface area contributed by atoms with Crippen molar-refractivity contribution in [3.8, 4) is 0 Å². The van der Waals surface area contributed by atoms with Crippen LogP contribution in [0.4, 0.5) is 11.4 Å². The number of nitrogens with two attached hydrogens (primary N) is 1. The monoisotopic (exact) mass is 382 g/mol. The predicted octanol–water partition coefficient (Wildman–Crippen LogP) is 3.09. The number of carbonyl (C=O) groups is 1. The second-order valence-electron chi connectivity index (χ2n) is 5.96. The van der Waals surface area contributed by atoms with Crippen molar-refractivity contribution in [1.82, 2.24) is 9.88 Å². The Balaban J connectivity index is 0.00000156. The SMILES string of the molecule is Cc1cccc(N2CCN(C(=O)c3cnccc3N)CC2)c1C.Cl.Cl. The lowest BCUT2D eigenvalue weighted by Crippen LogP contribution is -2.49. The average molecular weight is 383 g/mol. The fourth-order valence-electron chi connectivity index (χ4n) is 2.98. The molecule has 0 aliphatic carbocycles. The Bertz CT molecular complexity index is 731. The summed E-state index contributed by atoms with van der Waals surface area (Å²) in [6.45, 7) is 7.33. The van der Waals surface area contributed by atoms with E-state index in [1.165, 1.54) is 16.8 Å². The molecule has 0 radical (unpaired) electrons. The minimum atomic E-state index is -0.0313. The number of hydrogen-bond donors (Lipinski definition) is 1. The van der Waals surface area contributed by atoms with Gasteiger partial charge in [-0.1, -0.05) is 12.1 Å². The summed E-state index contributed by atoms with van der Waals surface area (Å²) in [7, 11) is 0. The number of pyridine rings is 1. The van der Waals surface area contributed by atoms with E-state index in [1.54, 1.807) is 18.5 Å². The number of benzene rings is 1. The fraction of sp³-hybridized carbons (Fsp3) is 0.333. The number of rotatable bonds is 2. The Morgan fingerprint density at radius 2 is 1.76 bits per heavy atom. The molecule has 25 heavy (non-hydrogen) atoms. The lowest BCUT2D eigenvalue weighted by Gasteiger charge is -2.37. The molecule has 0 spiro atoms. The highest BCUT2D eigenvalue weighted by Gasteiger charge is 2.24. The van der Waals surface area contributed by atoms with Crippen LogP contribution in [-0.2, 0) is 0 Å². The molecule has 1 aliphatic heterocycles. The summed E-state index contributed by atoms with van der Waals surface area (Å²) >= 11 is 0. The first-order valence-corrected chi connectivity index (χ1v) is 7.88. The molecule has 7 heteroatoms. The van der Waals surface area contributed by atoms with Crippen molar-refractivity contribution in [2.75, 3.05) is 36.8 Å².